The molecule has 0 aromatic carbocycles. The van der Waals surface area contributed by atoms with E-state index in [4.69, 9.17) is 0 Å². The van der Waals surface area contributed by atoms with Gasteiger partial charge in [-0.05, 0) is 19.8 Å². The van der Waals surface area contributed by atoms with Crippen molar-refractivity contribution in [2.75, 3.05) is 0 Å². The van der Waals surface area contributed by atoms with Crippen LogP contribution in [0.5, 0.6) is 0 Å². The van der Waals surface area contributed by atoms with Gasteiger partial charge in [-0.25, -0.2) is 0 Å². The quantitative estimate of drug-likeness (QED) is 0.642. The molecule has 0 bridgehead atoms. The molecule has 11 heavy (non-hydrogen) atoms. The Kier molecular flexibility index (Phi) is 4.69. The van der Waals surface area contributed by atoms with E-state index in [1.54, 1.807) is 6.92 Å². The molecule has 0 aromatic heterocycles. The molecule has 2 unspecified atom stereocenters. The van der Waals surface area contributed by atoms with Crippen LogP contribution >= 0.6 is 0 Å². The number of unbranched alkanes of at least 4 members (excludes halogenated alkanes) is 1. The molecule has 2 nitrogen and oxygen atoms in total. The van der Waals surface area contributed by atoms with E-state index in [2.05, 4.69) is 6.92 Å². The monoisotopic (exact) mass is 160 g/mol. The van der Waals surface area contributed by atoms with Crippen molar-refractivity contribution in [1.29, 1.82) is 0 Å². The molecule has 0 spiro atoms. The normalized spacial score (nSPS) is 19.4. The molecule has 0 saturated heterocycles. The second-order valence-corrected chi connectivity index (χ2v) is 3.38. The van der Waals surface area contributed by atoms with Crippen molar-refractivity contribution >= 4 is 0 Å². The van der Waals surface area contributed by atoms with Crippen molar-refractivity contribution in [1.82, 2.24) is 0 Å². The predicted molar refractivity (Wildman–Crippen MR) is 46.4 cm³/mol. The Balaban J connectivity index is 3.77. The maximum atomic E-state index is 9.66. The van der Waals surface area contributed by atoms with E-state index in [0.29, 0.717) is 12.8 Å². The van der Waals surface area contributed by atoms with Gasteiger partial charge in [0.05, 0.1) is 11.7 Å². The Morgan fingerprint density at radius 3 is 2.27 bits per heavy atom. The van der Waals surface area contributed by atoms with Crippen molar-refractivity contribution < 1.29 is 10.2 Å². The Morgan fingerprint density at radius 1 is 1.36 bits per heavy atom. The average molecular weight is 160 g/mol. The van der Waals surface area contributed by atoms with Gasteiger partial charge < -0.3 is 10.2 Å². The van der Waals surface area contributed by atoms with E-state index in [1.807, 2.05) is 6.92 Å². The highest BCUT2D eigenvalue weighted by molar-refractivity contribution is 4.80. The minimum absolute atomic E-state index is 0.575. The topological polar surface area (TPSA) is 40.5 Å². The van der Waals surface area contributed by atoms with Crippen LogP contribution in [0.3, 0.4) is 0 Å². The molecular weight excluding hydrogens is 140 g/mol. The maximum Gasteiger partial charge on any atom is 0.0877 e. The standard InChI is InChI=1S/C9H20O2/c1-4-6-7-9(3,11)8(10)5-2/h8,10-11H,4-7H2,1-3H3. The molecule has 0 radical (unpaired) electrons. The van der Waals surface area contributed by atoms with E-state index >= 15 is 0 Å². The van der Waals surface area contributed by atoms with Crippen LogP contribution in [0, 0.1) is 0 Å². The van der Waals surface area contributed by atoms with Gasteiger partial charge in [-0.2, -0.15) is 0 Å². The highest BCUT2D eigenvalue weighted by Crippen LogP contribution is 2.19. The van der Waals surface area contributed by atoms with Crippen LogP contribution in [-0.2, 0) is 0 Å². The molecule has 2 N–H and O–H groups in total. The largest absolute Gasteiger partial charge is 0.390 e. The van der Waals surface area contributed by atoms with Crippen molar-refractivity contribution in [2.45, 2.75) is 58.2 Å². The summed E-state index contributed by atoms with van der Waals surface area (Å²) in [5.41, 5.74) is -0.884. The number of hydrogen-bond acceptors (Lipinski definition) is 2. The molecule has 0 aliphatic heterocycles. The van der Waals surface area contributed by atoms with Crippen molar-refractivity contribution in [2.24, 2.45) is 0 Å². The third kappa shape index (κ3) is 3.73. The van der Waals surface area contributed by atoms with Gasteiger partial charge in [0.25, 0.3) is 0 Å². The third-order valence-corrected chi connectivity index (χ3v) is 2.14. The Hall–Kier alpha value is -0.0800. The molecule has 0 fully saturated rings. The summed E-state index contributed by atoms with van der Waals surface area (Å²) in [6.45, 7) is 5.66. The van der Waals surface area contributed by atoms with E-state index in [0.717, 1.165) is 12.8 Å². The first-order chi connectivity index (χ1) is 5.04. The van der Waals surface area contributed by atoms with Crippen LogP contribution in [0.15, 0.2) is 0 Å². The lowest BCUT2D eigenvalue weighted by atomic mass is 9.91. The van der Waals surface area contributed by atoms with Crippen molar-refractivity contribution in [3.8, 4) is 0 Å². The van der Waals surface area contributed by atoms with E-state index in [1.165, 1.54) is 0 Å². The summed E-state index contributed by atoms with van der Waals surface area (Å²) < 4.78 is 0. The Morgan fingerprint density at radius 2 is 1.91 bits per heavy atom. The van der Waals surface area contributed by atoms with Gasteiger partial charge in [-0.15, -0.1) is 0 Å². The minimum Gasteiger partial charge on any atom is -0.390 e. The number of aliphatic hydroxyl groups is 2. The molecular formula is C9H20O2. The smallest absolute Gasteiger partial charge is 0.0877 e. The number of rotatable bonds is 5. The van der Waals surface area contributed by atoms with Crippen molar-refractivity contribution in [3.63, 3.8) is 0 Å². The molecule has 2 atom stereocenters. The first kappa shape index (κ1) is 10.9. The van der Waals surface area contributed by atoms with Crippen LogP contribution in [0.1, 0.15) is 46.5 Å². The van der Waals surface area contributed by atoms with Gasteiger partial charge in [0.15, 0.2) is 0 Å². The first-order valence-electron chi connectivity index (χ1n) is 4.45. The lowest BCUT2D eigenvalue weighted by Crippen LogP contribution is -2.38. The zero-order valence-corrected chi connectivity index (χ0v) is 7.80. The minimum atomic E-state index is -0.884. The van der Waals surface area contributed by atoms with Crippen LogP contribution < -0.4 is 0 Å². The third-order valence-electron chi connectivity index (χ3n) is 2.14. The van der Waals surface area contributed by atoms with Gasteiger partial charge >= 0.3 is 0 Å². The van der Waals surface area contributed by atoms with Crippen LogP contribution in [0.2, 0.25) is 0 Å². The average Bonchev–Trinajstić information content (AvgIpc) is 1.99. The summed E-state index contributed by atoms with van der Waals surface area (Å²) in [4.78, 5) is 0. The van der Waals surface area contributed by atoms with Gasteiger partial charge in [-0.3, -0.25) is 0 Å². The molecule has 2 heteroatoms. The molecule has 0 saturated carbocycles. The zero-order chi connectivity index (χ0) is 8.91. The SMILES string of the molecule is CCCCC(C)(O)C(O)CC. The summed E-state index contributed by atoms with van der Waals surface area (Å²) >= 11 is 0. The number of hydrogen-bond donors (Lipinski definition) is 2. The summed E-state index contributed by atoms with van der Waals surface area (Å²) in [5.74, 6) is 0. The molecule has 0 heterocycles. The van der Waals surface area contributed by atoms with Gasteiger partial charge in [0.2, 0.25) is 0 Å². The zero-order valence-electron chi connectivity index (χ0n) is 7.80. The second kappa shape index (κ2) is 4.73. The first-order valence-corrected chi connectivity index (χ1v) is 4.45. The van der Waals surface area contributed by atoms with Crippen LogP contribution in [0.4, 0.5) is 0 Å². The van der Waals surface area contributed by atoms with Gasteiger partial charge in [0, 0.05) is 0 Å². The van der Waals surface area contributed by atoms with Crippen molar-refractivity contribution in [3.05, 3.63) is 0 Å². The Bertz CT molecular complexity index is 99.7. The predicted octanol–water partition coefficient (Wildman–Crippen LogP) is 1.70. The molecule has 0 aliphatic rings. The van der Waals surface area contributed by atoms with Gasteiger partial charge in [0.1, 0.15) is 0 Å². The summed E-state index contributed by atoms with van der Waals surface area (Å²) in [5, 5.41) is 19.0. The fourth-order valence-corrected chi connectivity index (χ4v) is 1.14. The van der Waals surface area contributed by atoms with Gasteiger partial charge in [-0.1, -0.05) is 26.7 Å². The fourth-order valence-electron chi connectivity index (χ4n) is 1.14. The lowest BCUT2D eigenvalue weighted by molar-refractivity contribution is -0.0689. The highest BCUT2D eigenvalue weighted by Gasteiger charge is 2.27. The van der Waals surface area contributed by atoms with Crippen LogP contribution in [0.25, 0.3) is 0 Å². The van der Waals surface area contributed by atoms with E-state index < -0.39 is 11.7 Å². The summed E-state index contributed by atoms with van der Waals surface area (Å²) in [6.07, 6.45) is 2.78. The number of aliphatic hydroxyl groups excluding tert-OH is 1. The van der Waals surface area contributed by atoms with E-state index in [9.17, 15) is 10.2 Å². The molecule has 0 aromatic rings. The molecule has 0 aliphatic carbocycles. The molecule has 0 rings (SSSR count). The second-order valence-electron chi connectivity index (χ2n) is 3.38. The molecule has 0 amide bonds. The summed E-state index contributed by atoms with van der Waals surface area (Å²) in [7, 11) is 0. The lowest BCUT2D eigenvalue weighted by Gasteiger charge is -2.28. The fraction of sp³-hybridized carbons (Fsp3) is 1.00. The summed E-state index contributed by atoms with van der Waals surface area (Å²) in [6, 6.07) is 0. The van der Waals surface area contributed by atoms with E-state index in [-0.39, 0.29) is 0 Å². The molecule has 68 valence electrons. The Labute approximate surface area is 69.2 Å². The highest BCUT2D eigenvalue weighted by atomic mass is 16.3. The maximum absolute atomic E-state index is 9.66. The van der Waals surface area contributed by atoms with Crippen LogP contribution in [-0.4, -0.2) is 21.9 Å².